The Morgan fingerprint density at radius 2 is 1.21 bits per heavy atom. The van der Waals surface area contributed by atoms with Gasteiger partial charge in [-0.25, -0.2) is 0 Å². The van der Waals surface area contributed by atoms with E-state index < -0.39 is 0 Å². The molecule has 0 aliphatic carbocycles. The largest absolute Gasteiger partial charge is 0.363 e. The first-order valence-corrected chi connectivity index (χ1v) is 12.4. The summed E-state index contributed by atoms with van der Waals surface area (Å²) in [6.07, 6.45) is -0.233. The van der Waals surface area contributed by atoms with Crippen molar-refractivity contribution in [2.24, 2.45) is 0 Å². The quantitative estimate of drug-likeness (QED) is 0.249. The SMILES string of the molecule is Clc1ccc(C(OC2CN(C(c3ccccc3)c3ccccc3)C2)c2ccc(Cl)cc2Cl)cc1. The second-order valence-corrected chi connectivity index (χ2v) is 9.81. The summed E-state index contributed by atoms with van der Waals surface area (Å²) in [6, 6.07) is 34.7. The predicted octanol–water partition coefficient (Wildman–Crippen LogP) is 8.23. The van der Waals surface area contributed by atoms with Crippen molar-refractivity contribution < 1.29 is 4.74 Å². The standard InChI is InChI=1S/C29H24Cl3NO/c30-23-13-11-22(12-14-23)29(26-16-15-24(31)17-27(26)32)34-25-18-33(19-25)28(20-7-3-1-4-8-20)21-9-5-2-6-10-21/h1-17,25,28-29H,18-19H2. The van der Waals surface area contributed by atoms with Crippen LogP contribution in [0.1, 0.15) is 34.4 Å². The van der Waals surface area contributed by atoms with Crippen molar-refractivity contribution in [2.75, 3.05) is 13.1 Å². The fourth-order valence-electron chi connectivity index (χ4n) is 4.53. The molecule has 1 atom stereocenters. The summed E-state index contributed by atoms with van der Waals surface area (Å²) in [5.41, 5.74) is 4.47. The molecule has 1 fully saturated rings. The summed E-state index contributed by atoms with van der Waals surface area (Å²) in [6.45, 7) is 1.65. The smallest absolute Gasteiger partial charge is 0.109 e. The van der Waals surface area contributed by atoms with Crippen LogP contribution in [0.25, 0.3) is 0 Å². The molecule has 0 bridgehead atoms. The van der Waals surface area contributed by atoms with Crippen LogP contribution in [-0.2, 0) is 4.74 Å². The zero-order valence-corrected chi connectivity index (χ0v) is 20.7. The van der Waals surface area contributed by atoms with Crippen molar-refractivity contribution in [3.05, 3.63) is 140 Å². The minimum atomic E-state index is -0.305. The molecule has 0 N–H and O–H groups in total. The van der Waals surface area contributed by atoms with Crippen LogP contribution >= 0.6 is 34.8 Å². The summed E-state index contributed by atoms with van der Waals surface area (Å²) >= 11 is 18.9. The van der Waals surface area contributed by atoms with Crippen LogP contribution < -0.4 is 0 Å². The molecule has 172 valence electrons. The van der Waals surface area contributed by atoms with Crippen LogP contribution in [0.15, 0.2) is 103 Å². The first-order chi connectivity index (χ1) is 16.6. The molecule has 1 heterocycles. The third kappa shape index (κ3) is 5.17. The van der Waals surface area contributed by atoms with Crippen LogP contribution in [0.3, 0.4) is 0 Å². The highest BCUT2D eigenvalue weighted by Gasteiger charge is 2.36. The van der Waals surface area contributed by atoms with Crippen LogP contribution in [0.4, 0.5) is 0 Å². The molecule has 4 aromatic rings. The maximum atomic E-state index is 6.66. The molecule has 2 nitrogen and oxygen atoms in total. The number of hydrogen-bond acceptors (Lipinski definition) is 2. The summed E-state index contributed by atoms with van der Waals surface area (Å²) in [7, 11) is 0. The molecule has 0 aromatic heterocycles. The van der Waals surface area contributed by atoms with E-state index in [1.165, 1.54) is 11.1 Å². The van der Waals surface area contributed by atoms with E-state index in [-0.39, 0.29) is 18.2 Å². The third-order valence-electron chi connectivity index (χ3n) is 6.22. The van der Waals surface area contributed by atoms with Crippen molar-refractivity contribution in [3.63, 3.8) is 0 Å². The van der Waals surface area contributed by atoms with Gasteiger partial charge < -0.3 is 4.74 Å². The molecular weight excluding hydrogens is 485 g/mol. The maximum absolute atomic E-state index is 6.66. The first-order valence-electron chi connectivity index (χ1n) is 11.3. The Labute approximate surface area is 215 Å². The van der Waals surface area contributed by atoms with E-state index in [1.54, 1.807) is 6.07 Å². The van der Waals surface area contributed by atoms with Gasteiger partial charge in [0.15, 0.2) is 0 Å². The van der Waals surface area contributed by atoms with E-state index in [0.717, 1.165) is 24.2 Å². The topological polar surface area (TPSA) is 12.5 Å². The number of nitrogens with zero attached hydrogens (tertiary/aromatic N) is 1. The number of hydrogen-bond donors (Lipinski definition) is 0. The number of rotatable bonds is 7. The molecule has 5 heteroatoms. The van der Waals surface area contributed by atoms with Gasteiger partial charge in [-0.2, -0.15) is 0 Å². The highest BCUT2D eigenvalue weighted by atomic mass is 35.5. The van der Waals surface area contributed by atoms with Gasteiger partial charge >= 0.3 is 0 Å². The summed E-state index contributed by atoms with van der Waals surface area (Å²) in [5, 5.41) is 1.88. The molecule has 5 rings (SSSR count). The van der Waals surface area contributed by atoms with Gasteiger partial charge in [0.1, 0.15) is 6.10 Å². The molecule has 1 aliphatic heterocycles. The fourth-order valence-corrected chi connectivity index (χ4v) is 5.16. The molecule has 1 unspecified atom stereocenters. The molecule has 0 spiro atoms. The minimum absolute atomic E-state index is 0.0716. The maximum Gasteiger partial charge on any atom is 0.109 e. The Bertz CT molecular complexity index is 1190. The fraction of sp³-hybridized carbons (Fsp3) is 0.172. The Hall–Kier alpha value is -2.33. The molecule has 1 saturated heterocycles. The monoisotopic (exact) mass is 507 g/mol. The van der Waals surface area contributed by atoms with Crippen LogP contribution in [0, 0.1) is 0 Å². The highest BCUT2D eigenvalue weighted by molar-refractivity contribution is 6.35. The average molecular weight is 509 g/mol. The zero-order valence-electron chi connectivity index (χ0n) is 18.5. The van der Waals surface area contributed by atoms with E-state index in [1.807, 2.05) is 36.4 Å². The van der Waals surface area contributed by atoms with E-state index in [4.69, 9.17) is 39.5 Å². The van der Waals surface area contributed by atoms with Gasteiger partial charge in [-0.15, -0.1) is 0 Å². The number of benzene rings is 4. The summed E-state index contributed by atoms with van der Waals surface area (Å²) < 4.78 is 6.66. The molecule has 34 heavy (non-hydrogen) atoms. The van der Waals surface area contributed by atoms with Gasteiger partial charge in [-0.1, -0.05) is 114 Å². The average Bonchev–Trinajstić information content (AvgIpc) is 2.83. The highest BCUT2D eigenvalue weighted by Crippen LogP contribution is 2.38. The Kier molecular flexibility index (Phi) is 7.24. The van der Waals surface area contributed by atoms with Crippen molar-refractivity contribution in [2.45, 2.75) is 18.2 Å². The second-order valence-electron chi connectivity index (χ2n) is 8.53. The van der Waals surface area contributed by atoms with E-state index in [2.05, 4.69) is 65.6 Å². The summed E-state index contributed by atoms with van der Waals surface area (Å²) in [4.78, 5) is 2.46. The lowest BCUT2D eigenvalue weighted by Gasteiger charge is -2.45. The lowest BCUT2D eigenvalue weighted by molar-refractivity contribution is -0.0910. The van der Waals surface area contributed by atoms with Crippen LogP contribution in [0.2, 0.25) is 15.1 Å². The van der Waals surface area contributed by atoms with Gasteiger partial charge in [0.2, 0.25) is 0 Å². The first kappa shape index (κ1) is 23.4. The molecule has 1 aliphatic rings. The lowest BCUT2D eigenvalue weighted by atomic mass is 9.93. The number of ether oxygens (including phenoxy) is 1. The van der Waals surface area contributed by atoms with Crippen molar-refractivity contribution in [1.82, 2.24) is 4.90 Å². The lowest BCUT2D eigenvalue weighted by Crippen LogP contribution is -2.54. The van der Waals surface area contributed by atoms with E-state index in [0.29, 0.717) is 15.1 Å². The Morgan fingerprint density at radius 1 is 0.647 bits per heavy atom. The van der Waals surface area contributed by atoms with Crippen molar-refractivity contribution in [3.8, 4) is 0 Å². The van der Waals surface area contributed by atoms with Gasteiger partial charge in [-0.3, -0.25) is 4.90 Å². The molecule has 4 aromatic carbocycles. The molecule has 0 amide bonds. The zero-order chi connectivity index (χ0) is 23.5. The van der Waals surface area contributed by atoms with Crippen molar-refractivity contribution in [1.29, 1.82) is 0 Å². The van der Waals surface area contributed by atoms with E-state index >= 15 is 0 Å². The van der Waals surface area contributed by atoms with Gasteiger partial charge in [0.25, 0.3) is 0 Å². The normalized spacial score (nSPS) is 15.3. The van der Waals surface area contributed by atoms with Gasteiger partial charge in [-0.05, 0) is 41.0 Å². The predicted molar refractivity (Wildman–Crippen MR) is 141 cm³/mol. The number of likely N-dealkylation sites (tertiary alicyclic amines) is 1. The van der Waals surface area contributed by atoms with Crippen LogP contribution in [-0.4, -0.2) is 24.1 Å². The van der Waals surface area contributed by atoms with Crippen molar-refractivity contribution >= 4 is 34.8 Å². The third-order valence-corrected chi connectivity index (χ3v) is 7.03. The molecular formula is C29H24Cl3NO. The van der Waals surface area contributed by atoms with Gasteiger partial charge in [0.05, 0.1) is 12.1 Å². The van der Waals surface area contributed by atoms with Crippen LogP contribution in [0.5, 0.6) is 0 Å². The number of halogens is 3. The molecule has 0 saturated carbocycles. The molecule has 0 radical (unpaired) electrons. The Morgan fingerprint density at radius 3 is 1.76 bits per heavy atom. The van der Waals surface area contributed by atoms with E-state index in [9.17, 15) is 0 Å². The summed E-state index contributed by atoms with van der Waals surface area (Å²) in [5.74, 6) is 0. The second kappa shape index (κ2) is 10.5. The van der Waals surface area contributed by atoms with Gasteiger partial charge in [0, 0.05) is 33.7 Å². The minimum Gasteiger partial charge on any atom is -0.363 e. The Balaban J connectivity index is 1.38.